The number of carbonyl (C=O) groups excluding carboxylic acids is 3. The van der Waals surface area contributed by atoms with Gasteiger partial charge in [0.25, 0.3) is 0 Å². The molecular formula is C43H60O9. The zero-order valence-corrected chi connectivity index (χ0v) is 33.0. The van der Waals surface area contributed by atoms with E-state index >= 15 is 0 Å². The van der Waals surface area contributed by atoms with Crippen molar-refractivity contribution in [2.24, 2.45) is 74.9 Å². The van der Waals surface area contributed by atoms with Gasteiger partial charge in [0.2, 0.25) is 0 Å². The Morgan fingerprint density at radius 3 is 1.65 bits per heavy atom. The third kappa shape index (κ3) is 4.07. The normalized spacial score (nSPS) is 52.0. The summed E-state index contributed by atoms with van der Waals surface area (Å²) in [5, 5.41) is 40.2. The first-order chi connectivity index (χ1) is 24.1. The quantitative estimate of drug-likeness (QED) is 0.181. The van der Waals surface area contributed by atoms with E-state index in [-0.39, 0.29) is 57.9 Å². The van der Waals surface area contributed by atoms with Crippen LogP contribution in [0.1, 0.15) is 89.0 Å². The van der Waals surface area contributed by atoms with E-state index in [1.165, 1.54) is 0 Å². The van der Waals surface area contributed by atoms with E-state index in [1.54, 1.807) is 19.9 Å². The highest BCUT2D eigenvalue weighted by atomic mass is 16.8. The molecule has 0 radical (unpaired) electrons. The third-order valence-corrected chi connectivity index (χ3v) is 16.6. The molecule has 9 aliphatic rings. The van der Waals surface area contributed by atoms with Crippen LogP contribution < -0.4 is 0 Å². The molecule has 9 rings (SSSR count). The van der Waals surface area contributed by atoms with Crippen LogP contribution >= 0.6 is 0 Å². The second kappa shape index (κ2) is 11.2. The molecule has 1 saturated heterocycles. The predicted molar refractivity (Wildman–Crippen MR) is 194 cm³/mol. The average Bonchev–Trinajstić information content (AvgIpc) is 3.68. The Bertz CT molecular complexity index is 1750. The summed E-state index contributed by atoms with van der Waals surface area (Å²) in [4.78, 5) is 40.1. The molecule has 0 amide bonds. The van der Waals surface area contributed by atoms with Crippen molar-refractivity contribution in [3.8, 4) is 0 Å². The first-order valence-corrected chi connectivity index (χ1v) is 19.4. The molecule has 9 nitrogen and oxygen atoms in total. The molecule has 286 valence electrons. The molecule has 4 saturated carbocycles. The molecular weight excluding hydrogens is 660 g/mol. The van der Waals surface area contributed by atoms with Crippen molar-refractivity contribution in [1.82, 2.24) is 0 Å². The van der Waals surface area contributed by atoms with Crippen LogP contribution in [0.4, 0.5) is 4.79 Å². The standard InChI is InChI=1S/C22H28O4.C20H28O4.CH4O/c1-10-7-14-16-15(20(16,5)6)8-12(3)21(17(14)23)9-11(2)13(4)22(21)18(10)25-19(24)26-22;1-9-6-12-14-13(18(14,4)5)7-11(3)19(17(12)23)8-10(2)16(22)20(19,24)15(9)21;1-2/h7,9,12-16,18H,8H2,1-6H3;6,8,11-16,21-22,24H,7H2,1-5H3;2H,1H3/t12-,13+,14+,15-,16+,18-,21+,22-;11-,12+,13-,14+,15-,16+,19+,20+;/m11./s1. The first-order valence-electron chi connectivity index (χ1n) is 19.4. The summed E-state index contributed by atoms with van der Waals surface area (Å²) in [6.45, 7) is 22.8. The lowest BCUT2D eigenvalue weighted by molar-refractivity contribution is -0.189. The number of aliphatic hydroxyl groups excluding tert-OH is 3. The van der Waals surface area contributed by atoms with Crippen LogP contribution in [0.5, 0.6) is 0 Å². The summed E-state index contributed by atoms with van der Waals surface area (Å²) < 4.78 is 11.7. The summed E-state index contributed by atoms with van der Waals surface area (Å²) in [5.41, 5.74) is -1.20. The number of ether oxygens (including phenoxy) is 2. The fourth-order valence-corrected chi connectivity index (χ4v) is 13.7. The van der Waals surface area contributed by atoms with Gasteiger partial charge >= 0.3 is 6.16 Å². The minimum atomic E-state index is -1.87. The Balaban J connectivity index is 0.000000155. The van der Waals surface area contributed by atoms with Crippen molar-refractivity contribution < 1.29 is 44.3 Å². The number of ketones is 2. The Kier molecular flexibility index (Phi) is 8.15. The van der Waals surface area contributed by atoms with Crippen molar-refractivity contribution in [1.29, 1.82) is 0 Å². The van der Waals surface area contributed by atoms with Crippen LogP contribution in [0.25, 0.3) is 0 Å². The van der Waals surface area contributed by atoms with Gasteiger partial charge < -0.3 is 29.9 Å². The minimum Gasteiger partial charge on any atom is -0.422 e. The van der Waals surface area contributed by atoms with E-state index < -0.39 is 46.5 Å². The third-order valence-electron chi connectivity index (χ3n) is 16.6. The largest absolute Gasteiger partial charge is 0.509 e. The lowest BCUT2D eigenvalue weighted by Gasteiger charge is -2.48. The van der Waals surface area contributed by atoms with Gasteiger partial charge in [0.15, 0.2) is 23.3 Å². The van der Waals surface area contributed by atoms with Gasteiger partial charge in [-0.3, -0.25) is 9.59 Å². The number of rotatable bonds is 0. The lowest BCUT2D eigenvalue weighted by atomic mass is 9.57. The Hall–Kier alpha value is -2.59. The number of fused-ring (bicyclic) bond motifs is 6. The molecule has 0 aromatic heterocycles. The van der Waals surface area contributed by atoms with E-state index in [4.69, 9.17) is 14.6 Å². The summed E-state index contributed by atoms with van der Waals surface area (Å²) in [6, 6.07) is 0. The molecule has 0 aromatic rings. The molecule has 1 heterocycles. The maximum absolute atomic E-state index is 14.1. The van der Waals surface area contributed by atoms with Crippen LogP contribution in [0.3, 0.4) is 0 Å². The van der Waals surface area contributed by atoms with Gasteiger partial charge in [0.05, 0.1) is 10.8 Å². The van der Waals surface area contributed by atoms with Crippen LogP contribution in [-0.4, -0.2) is 74.8 Å². The second-order valence-electron chi connectivity index (χ2n) is 19.3. The molecule has 0 unspecified atom stereocenters. The number of allylic oxidation sites excluding steroid dienone is 2. The van der Waals surface area contributed by atoms with Gasteiger partial charge in [-0.15, -0.1) is 0 Å². The molecule has 52 heavy (non-hydrogen) atoms. The van der Waals surface area contributed by atoms with E-state index in [2.05, 4.69) is 60.6 Å². The van der Waals surface area contributed by atoms with E-state index in [0.717, 1.165) is 31.1 Å². The molecule has 8 aliphatic carbocycles. The van der Waals surface area contributed by atoms with Crippen molar-refractivity contribution in [3.63, 3.8) is 0 Å². The molecule has 0 aromatic carbocycles. The number of hydrogen-bond donors (Lipinski definition) is 4. The topological polar surface area (TPSA) is 151 Å². The van der Waals surface area contributed by atoms with Gasteiger partial charge in [-0.2, -0.15) is 0 Å². The summed E-state index contributed by atoms with van der Waals surface area (Å²) >= 11 is 0. The predicted octanol–water partition coefficient (Wildman–Crippen LogP) is 5.75. The van der Waals surface area contributed by atoms with Gasteiger partial charge in [0, 0.05) is 24.9 Å². The lowest BCUT2D eigenvalue weighted by Crippen LogP contribution is -2.64. The number of hydrogen-bond acceptors (Lipinski definition) is 9. The number of Topliss-reactive ketones (excluding diaryl/α,β-unsaturated/α-hetero) is 2. The first kappa shape index (κ1) is 37.7. The van der Waals surface area contributed by atoms with Crippen LogP contribution in [0.2, 0.25) is 0 Å². The van der Waals surface area contributed by atoms with E-state index in [0.29, 0.717) is 28.9 Å². The van der Waals surface area contributed by atoms with Gasteiger partial charge in [0.1, 0.15) is 17.8 Å². The zero-order valence-electron chi connectivity index (χ0n) is 33.0. The minimum absolute atomic E-state index is 0.0256. The van der Waals surface area contributed by atoms with E-state index in [1.807, 2.05) is 19.9 Å². The Morgan fingerprint density at radius 1 is 0.673 bits per heavy atom. The van der Waals surface area contributed by atoms with Gasteiger partial charge in [-0.25, -0.2) is 4.79 Å². The fourth-order valence-electron chi connectivity index (χ4n) is 13.7. The summed E-state index contributed by atoms with van der Waals surface area (Å²) in [6.07, 6.45) is 6.15. The molecule has 16 atom stereocenters. The highest BCUT2D eigenvalue weighted by Crippen LogP contribution is 2.74. The number of carbonyl (C=O) groups is 3. The van der Waals surface area contributed by atoms with Crippen molar-refractivity contribution >= 4 is 17.7 Å². The Labute approximate surface area is 308 Å². The van der Waals surface area contributed by atoms with Crippen LogP contribution in [0.15, 0.2) is 46.6 Å². The molecule has 4 bridgehead atoms. The summed E-state index contributed by atoms with van der Waals surface area (Å²) in [7, 11) is 1.00. The SMILES string of the molecule is CC1=C[C@@H]2C(=O)[C@]3(C=C(C)[C@H](C)[C@]34OC(=O)O[C@H]14)[C@H](C)C[C@@H]1[C@H]2C1(C)C.CC1=C[C@@H]2C(=O)[C@]3(C=C(C)[C@H](O)[C@@]3(O)[C@@H]1O)[C@H](C)C[C@@H]1[C@H]2C1(C)C.CO. The van der Waals surface area contributed by atoms with Crippen LogP contribution in [0, 0.1) is 74.9 Å². The molecule has 4 N–H and O–H groups in total. The van der Waals surface area contributed by atoms with Gasteiger partial charge in [-0.05, 0) is 104 Å². The smallest absolute Gasteiger partial charge is 0.422 e. The van der Waals surface area contributed by atoms with Gasteiger partial charge in [-0.1, -0.05) is 78.3 Å². The molecule has 3 spiro atoms. The highest BCUT2D eigenvalue weighted by molar-refractivity contribution is 5.96. The molecule has 5 fully saturated rings. The Morgan fingerprint density at radius 2 is 1.12 bits per heavy atom. The van der Waals surface area contributed by atoms with E-state index in [9.17, 15) is 29.7 Å². The molecule has 9 heteroatoms. The fraction of sp³-hybridized carbons (Fsp3) is 0.744. The second-order valence-corrected chi connectivity index (χ2v) is 19.3. The summed E-state index contributed by atoms with van der Waals surface area (Å²) in [5.74, 6) is 1.38. The van der Waals surface area contributed by atoms with Crippen molar-refractivity contribution in [3.05, 3.63) is 46.6 Å². The highest BCUT2D eigenvalue weighted by Gasteiger charge is 2.79. The van der Waals surface area contributed by atoms with Crippen molar-refractivity contribution in [2.75, 3.05) is 7.11 Å². The monoisotopic (exact) mass is 720 g/mol. The molecule has 1 aliphatic heterocycles. The zero-order chi connectivity index (χ0) is 38.6. The maximum atomic E-state index is 14.1. The average molecular weight is 721 g/mol. The van der Waals surface area contributed by atoms with Crippen molar-refractivity contribution in [2.45, 2.75) is 119 Å². The maximum Gasteiger partial charge on any atom is 0.509 e. The van der Waals surface area contributed by atoms with Crippen LogP contribution in [-0.2, 0) is 19.1 Å². The number of aliphatic hydroxyl groups is 4.